The van der Waals surface area contributed by atoms with Crippen molar-refractivity contribution in [2.45, 2.75) is 57.0 Å². The molecular weight excluding hydrogens is 321 g/mol. The molecule has 2 fully saturated rings. The number of carbonyl (C=O) groups is 1. The van der Waals surface area contributed by atoms with Gasteiger partial charge in [0.15, 0.2) is 6.04 Å². The summed E-state index contributed by atoms with van der Waals surface area (Å²) >= 11 is 0. The van der Waals surface area contributed by atoms with E-state index in [4.69, 9.17) is 5.84 Å². The molecule has 0 aromatic rings. The first kappa shape index (κ1) is 17.1. The van der Waals surface area contributed by atoms with Gasteiger partial charge in [-0.05, 0) is 31.7 Å². The van der Waals surface area contributed by atoms with E-state index < -0.39 is 6.17 Å². The molecule has 0 saturated carbocycles. The molecule has 0 radical (unpaired) electrons. The first-order valence-corrected chi connectivity index (χ1v) is 9.52. The summed E-state index contributed by atoms with van der Waals surface area (Å²) in [6.45, 7) is 3.81. The molecule has 7 heteroatoms. The number of nitrogens with zero attached hydrogens (tertiary/aromatic N) is 1. The Bertz CT molecular complexity index is 606. The zero-order valence-electron chi connectivity index (χ0n) is 14.7. The molecule has 3 aliphatic heterocycles. The summed E-state index contributed by atoms with van der Waals surface area (Å²) < 4.78 is 16.0. The van der Waals surface area contributed by atoms with Crippen LogP contribution in [-0.2, 0) is 4.79 Å². The van der Waals surface area contributed by atoms with Gasteiger partial charge in [0.25, 0.3) is 6.17 Å². The van der Waals surface area contributed by atoms with E-state index in [1.807, 2.05) is 6.92 Å². The van der Waals surface area contributed by atoms with Crippen LogP contribution in [0.4, 0.5) is 4.39 Å². The molecule has 1 aliphatic carbocycles. The summed E-state index contributed by atoms with van der Waals surface area (Å²) in [5, 5.41) is 6.90. The Morgan fingerprint density at radius 1 is 1.40 bits per heavy atom. The number of rotatable bonds is 3. The summed E-state index contributed by atoms with van der Waals surface area (Å²) in [7, 11) is 0. The lowest BCUT2D eigenvalue weighted by molar-refractivity contribution is -0.555. The third-order valence-electron chi connectivity index (χ3n) is 6.54. The van der Waals surface area contributed by atoms with E-state index in [0.717, 1.165) is 32.4 Å². The maximum absolute atomic E-state index is 13.8. The number of alkyl halides is 1. The fourth-order valence-corrected chi connectivity index (χ4v) is 5.21. The van der Waals surface area contributed by atoms with Crippen LogP contribution in [0.5, 0.6) is 0 Å². The molecule has 4 rings (SSSR count). The van der Waals surface area contributed by atoms with Crippen molar-refractivity contribution in [3.8, 4) is 0 Å². The van der Waals surface area contributed by atoms with E-state index in [-0.39, 0.29) is 18.0 Å². The molecule has 3 heterocycles. The highest BCUT2D eigenvalue weighted by Gasteiger charge is 2.50. The number of halogens is 1. The Morgan fingerprint density at radius 2 is 2.24 bits per heavy atom. The molecule has 6 nitrogen and oxygen atoms in total. The maximum atomic E-state index is 13.8. The Kier molecular flexibility index (Phi) is 4.64. The zero-order valence-corrected chi connectivity index (χ0v) is 14.7. The van der Waals surface area contributed by atoms with E-state index in [1.165, 1.54) is 5.57 Å². The van der Waals surface area contributed by atoms with Crippen molar-refractivity contribution in [3.63, 3.8) is 0 Å². The monoisotopic (exact) mass is 350 g/mol. The van der Waals surface area contributed by atoms with E-state index >= 15 is 0 Å². The molecule has 4 aliphatic rings. The van der Waals surface area contributed by atoms with Crippen molar-refractivity contribution in [1.82, 2.24) is 16.1 Å². The van der Waals surface area contributed by atoms with Gasteiger partial charge in [0, 0.05) is 24.3 Å². The number of allylic oxidation sites excluding steroid dienone is 1. The van der Waals surface area contributed by atoms with Gasteiger partial charge in [0.2, 0.25) is 0 Å². The molecule has 5 N–H and O–H groups in total. The minimum atomic E-state index is -0.700. The first-order valence-electron chi connectivity index (χ1n) is 9.52. The van der Waals surface area contributed by atoms with E-state index in [1.54, 1.807) is 0 Å². The van der Waals surface area contributed by atoms with Gasteiger partial charge in [-0.1, -0.05) is 18.6 Å². The number of carbonyl (C=O) groups excluding carboxylic acids is 1. The number of nitrogens with one attached hydrogen (secondary N) is 3. The van der Waals surface area contributed by atoms with E-state index in [0.29, 0.717) is 30.3 Å². The van der Waals surface area contributed by atoms with Crippen molar-refractivity contribution >= 4 is 12.1 Å². The van der Waals surface area contributed by atoms with Crippen LogP contribution in [0.2, 0.25) is 0 Å². The van der Waals surface area contributed by atoms with Gasteiger partial charge >= 0.3 is 5.91 Å². The van der Waals surface area contributed by atoms with Gasteiger partial charge < -0.3 is 5.32 Å². The Hall–Kier alpha value is -1.31. The van der Waals surface area contributed by atoms with Crippen LogP contribution in [0.15, 0.2) is 11.6 Å². The molecule has 1 amide bonds. The standard InChI is InChI=1S/C18H28FN5O/c1-10-6-11(2-3-15(10)19)16-14(4-5-21-16)12-7-13-8-22-17(18(25)23-20)24(13)9-12/h6,9-10,12-17,21-22H,2-5,7-8,20H2,1H3/p+1. The van der Waals surface area contributed by atoms with Crippen LogP contribution >= 0.6 is 0 Å². The number of hydrazine groups is 1. The predicted octanol–water partition coefficient (Wildman–Crippen LogP) is 0.0499. The summed E-state index contributed by atoms with van der Waals surface area (Å²) in [6, 6.07) is 0.717. The van der Waals surface area contributed by atoms with Crippen molar-refractivity contribution in [2.24, 2.45) is 23.6 Å². The molecule has 0 bridgehead atoms. The number of hydrogen-bond donors (Lipinski definition) is 4. The van der Waals surface area contributed by atoms with Gasteiger partial charge in [0.1, 0.15) is 12.4 Å². The lowest BCUT2D eigenvalue weighted by atomic mass is 9.77. The zero-order chi connectivity index (χ0) is 17.6. The van der Waals surface area contributed by atoms with Crippen molar-refractivity contribution < 1.29 is 13.8 Å². The van der Waals surface area contributed by atoms with Gasteiger partial charge in [-0.25, -0.2) is 20.1 Å². The average molecular weight is 350 g/mol. The van der Waals surface area contributed by atoms with Gasteiger partial charge in [-0.2, -0.15) is 0 Å². The fourth-order valence-electron chi connectivity index (χ4n) is 5.21. The van der Waals surface area contributed by atoms with Crippen molar-refractivity contribution in [1.29, 1.82) is 0 Å². The highest BCUT2D eigenvalue weighted by molar-refractivity contribution is 5.80. The average Bonchev–Trinajstić information content (AvgIpc) is 3.30. The van der Waals surface area contributed by atoms with Crippen LogP contribution in [0.25, 0.3) is 0 Å². The van der Waals surface area contributed by atoms with Gasteiger partial charge in [0.05, 0.1) is 6.54 Å². The van der Waals surface area contributed by atoms with Crippen molar-refractivity contribution in [2.75, 3.05) is 13.1 Å². The molecule has 138 valence electrons. The van der Waals surface area contributed by atoms with Crippen LogP contribution in [-0.4, -0.2) is 54.2 Å². The first-order chi connectivity index (χ1) is 12.1. The Morgan fingerprint density at radius 3 is 3.00 bits per heavy atom. The number of amides is 1. The third kappa shape index (κ3) is 3.02. The lowest BCUT2D eigenvalue weighted by Gasteiger charge is -2.30. The lowest BCUT2D eigenvalue weighted by Crippen LogP contribution is -2.48. The second kappa shape index (κ2) is 6.78. The fraction of sp³-hybridized carbons (Fsp3) is 0.778. The van der Waals surface area contributed by atoms with Gasteiger partial charge in [-0.15, -0.1) is 0 Å². The summed E-state index contributed by atoms with van der Waals surface area (Å²) in [6.07, 6.45) is 7.06. The molecule has 7 atom stereocenters. The minimum absolute atomic E-state index is 0.0179. The Balaban J connectivity index is 1.51. The quantitative estimate of drug-likeness (QED) is 0.191. The smallest absolute Gasteiger partial charge is 0.310 e. The van der Waals surface area contributed by atoms with Crippen LogP contribution in [0.3, 0.4) is 0 Å². The summed E-state index contributed by atoms with van der Waals surface area (Å²) in [5.41, 5.74) is 3.64. The second-order valence-corrected chi connectivity index (χ2v) is 8.01. The number of hydrogen-bond acceptors (Lipinski definition) is 4. The number of fused-ring (bicyclic) bond motifs is 1. The van der Waals surface area contributed by atoms with Crippen LogP contribution in [0.1, 0.15) is 32.6 Å². The highest BCUT2D eigenvalue weighted by atomic mass is 19.1. The predicted molar refractivity (Wildman–Crippen MR) is 93.6 cm³/mol. The van der Waals surface area contributed by atoms with Crippen molar-refractivity contribution in [3.05, 3.63) is 11.6 Å². The minimum Gasteiger partial charge on any atom is -0.310 e. The molecule has 25 heavy (non-hydrogen) atoms. The maximum Gasteiger partial charge on any atom is 0.318 e. The topological polar surface area (TPSA) is 82.2 Å². The van der Waals surface area contributed by atoms with Crippen LogP contribution in [0, 0.1) is 17.8 Å². The van der Waals surface area contributed by atoms with Gasteiger partial charge in [-0.3, -0.25) is 10.2 Å². The normalized spacial score (nSPS) is 43.6. The van der Waals surface area contributed by atoms with E-state index in [9.17, 15) is 9.18 Å². The SMILES string of the molecule is CC1C=C(C2NCCC2C2C=[N+]3C(CNC3C(=O)NN)C2)CCC1F. The summed E-state index contributed by atoms with van der Waals surface area (Å²) in [4.78, 5) is 11.9. The molecule has 0 spiro atoms. The third-order valence-corrected chi connectivity index (χ3v) is 6.54. The largest absolute Gasteiger partial charge is 0.318 e. The molecule has 0 aromatic heterocycles. The second-order valence-electron chi connectivity index (χ2n) is 8.01. The van der Waals surface area contributed by atoms with Crippen LogP contribution < -0.4 is 21.9 Å². The Labute approximate surface area is 148 Å². The molecule has 0 aromatic carbocycles. The summed E-state index contributed by atoms with van der Waals surface area (Å²) in [5.74, 6) is 6.13. The molecular formula is C18H29FN5O+. The van der Waals surface area contributed by atoms with E-state index in [2.05, 4.69) is 32.9 Å². The molecule has 7 unspecified atom stereocenters. The molecule has 2 saturated heterocycles. The number of nitrogens with two attached hydrogens (primary N) is 1. The highest BCUT2D eigenvalue weighted by Crippen LogP contribution is 2.38.